The second-order valence-electron chi connectivity index (χ2n) is 5.55. The van der Waals surface area contributed by atoms with E-state index < -0.39 is 0 Å². The highest BCUT2D eigenvalue weighted by Gasteiger charge is 2.25. The average molecular weight is 332 g/mol. The molecule has 0 unspecified atom stereocenters. The molecule has 1 amide bonds. The van der Waals surface area contributed by atoms with Crippen molar-refractivity contribution >= 4 is 39.1 Å². The Bertz CT molecular complexity index is 879. The van der Waals surface area contributed by atoms with Gasteiger partial charge in [-0.05, 0) is 44.0 Å². The van der Waals surface area contributed by atoms with Crippen molar-refractivity contribution < 1.29 is 4.79 Å². The SMILES string of the molecule is Cc1nn(-c2cccc(Cl)c2)c2sc(C(=O)NC3CC3)cc12. The number of aryl methyl sites for hydroxylation is 1. The first-order chi connectivity index (χ1) is 10.6. The third kappa shape index (κ3) is 2.40. The number of carbonyl (C=O) groups excluding carboxylic acids is 1. The molecule has 0 saturated heterocycles. The molecule has 22 heavy (non-hydrogen) atoms. The average Bonchev–Trinajstić information content (AvgIpc) is 3.10. The van der Waals surface area contributed by atoms with Crippen molar-refractivity contribution in [2.24, 2.45) is 0 Å². The maximum absolute atomic E-state index is 12.2. The maximum atomic E-state index is 12.2. The lowest BCUT2D eigenvalue weighted by atomic mass is 10.3. The number of nitrogens with zero attached hydrogens (tertiary/aromatic N) is 2. The summed E-state index contributed by atoms with van der Waals surface area (Å²) in [5.74, 6) is 0.0146. The van der Waals surface area contributed by atoms with Gasteiger partial charge in [0.15, 0.2) is 0 Å². The Balaban J connectivity index is 1.79. The molecule has 0 spiro atoms. The van der Waals surface area contributed by atoms with E-state index >= 15 is 0 Å². The molecule has 1 aliphatic rings. The first-order valence-corrected chi connectivity index (χ1v) is 8.37. The Morgan fingerprint density at radius 3 is 2.95 bits per heavy atom. The molecular formula is C16H14ClN3OS. The Kier molecular flexibility index (Phi) is 3.20. The second kappa shape index (κ2) is 5.11. The summed E-state index contributed by atoms with van der Waals surface area (Å²) < 4.78 is 1.86. The topological polar surface area (TPSA) is 46.9 Å². The van der Waals surface area contributed by atoms with Gasteiger partial charge in [-0.15, -0.1) is 11.3 Å². The summed E-state index contributed by atoms with van der Waals surface area (Å²) in [6.45, 7) is 1.96. The van der Waals surface area contributed by atoms with Gasteiger partial charge in [0.25, 0.3) is 5.91 Å². The van der Waals surface area contributed by atoms with Crippen molar-refractivity contribution in [3.05, 3.63) is 45.9 Å². The van der Waals surface area contributed by atoms with Crippen molar-refractivity contribution in [1.29, 1.82) is 0 Å². The molecular weight excluding hydrogens is 318 g/mol. The number of hydrogen-bond donors (Lipinski definition) is 1. The van der Waals surface area contributed by atoms with Crippen LogP contribution < -0.4 is 5.32 Å². The first-order valence-electron chi connectivity index (χ1n) is 7.18. The summed E-state index contributed by atoms with van der Waals surface area (Å²) >= 11 is 7.54. The van der Waals surface area contributed by atoms with Gasteiger partial charge in [0, 0.05) is 16.5 Å². The predicted molar refractivity (Wildman–Crippen MR) is 89.2 cm³/mol. The molecule has 3 aromatic rings. The van der Waals surface area contributed by atoms with Gasteiger partial charge in [0.2, 0.25) is 0 Å². The Hall–Kier alpha value is -1.85. The van der Waals surface area contributed by atoms with Crippen molar-refractivity contribution in [1.82, 2.24) is 15.1 Å². The zero-order valence-corrected chi connectivity index (χ0v) is 13.5. The highest BCUT2D eigenvalue weighted by molar-refractivity contribution is 7.20. The fraction of sp³-hybridized carbons (Fsp3) is 0.250. The lowest BCUT2D eigenvalue weighted by Crippen LogP contribution is -2.24. The molecule has 4 rings (SSSR count). The van der Waals surface area contributed by atoms with Crippen molar-refractivity contribution in [2.75, 3.05) is 0 Å². The van der Waals surface area contributed by atoms with Crippen LogP contribution in [0, 0.1) is 6.92 Å². The number of carbonyl (C=O) groups is 1. The molecule has 1 N–H and O–H groups in total. The van der Waals surface area contributed by atoms with Crippen LogP contribution in [0.1, 0.15) is 28.2 Å². The smallest absolute Gasteiger partial charge is 0.261 e. The van der Waals surface area contributed by atoms with Crippen LogP contribution in [0.15, 0.2) is 30.3 Å². The molecule has 2 heterocycles. The van der Waals surface area contributed by atoms with Crippen molar-refractivity contribution in [2.45, 2.75) is 25.8 Å². The van der Waals surface area contributed by atoms with Crippen LogP contribution in [0.2, 0.25) is 5.02 Å². The van der Waals surface area contributed by atoms with Crippen molar-refractivity contribution in [3.63, 3.8) is 0 Å². The lowest BCUT2D eigenvalue weighted by Gasteiger charge is -2.02. The van der Waals surface area contributed by atoms with Crippen LogP contribution in [0.3, 0.4) is 0 Å². The van der Waals surface area contributed by atoms with Gasteiger partial charge in [-0.2, -0.15) is 5.10 Å². The van der Waals surface area contributed by atoms with E-state index in [0.29, 0.717) is 11.1 Å². The molecule has 112 valence electrons. The number of nitrogens with one attached hydrogen (secondary N) is 1. The quantitative estimate of drug-likeness (QED) is 0.790. The molecule has 1 aliphatic carbocycles. The summed E-state index contributed by atoms with van der Waals surface area (Å²) in [5.41, 5.74) is 1.82. The Labute approximate surface area is 136 Å². The summed E-state index contributed by atoms with van der Waals surface area (Å²) in [4.78, 5) is 13.9. The molecule has 1 fully saturated rings. The highest BCUT2D eigenvalue weighted by Crippen LogP contribution is 2.31. The van der Waals surface area contributed by atoms with Crippen LogP contribution in [-0.4, -0.2) is 21.7 Å². The minimum atomic E-state index is 0.0146. The molecule has 0 bridgehead atoms. The number of amides is 1. The summed E-state index contributed by atoms with van der Waals surface area (Å²) in [6.07, 6.45) is 2.18. The van der Waals surface area contributed by atoms with E-state index in [0.717, 1.165) is 39.3 Å². The van der Waals surface area contributed by atoms with Crippen LogP contribution in [0.25, 0.3) is 15.9 Å². The van der Waals surface area contributed by atoms with E-state index in [1.165, 1.54) is 11.3 Å². The van der Waals surface area contributed by atoms with Gasteiger partial charge in [0.1, 0.15) is 4.83 Å². The molecule has 0 atom stereocenters. The normalized spacial score (nSPS) is 14.5. The van der Waals surface area contributed by atoms with Crippen LogP contribution in [0.4, 0.5) is 0 Å². The Morgan fingerprint density at radius 1 is 1.41 bits per heavy atom. The molecule has 0 radical (unpaired) electrons. The van der Waals surface area contributed by atoms with E-state index in [4.69, 9.17) is 11.6 Å². The van der Waals surface area contributed by atoms with Gasteiger partial charge < -0.3 is 5.32 Å². The van der Waals surface area contributed by atoms with Gasteiger partial charge in [-0.1, -0.05) is 17.7 Å². The number of hydrogen-bond acceptors (Lipinski definition) is 3. The largest absolute Gasteiger partial charge is 0.349 e. The van der Waals surface area contributed by atoms with E-state index in [2.05, 4.69) is 10.4 Å². The molecule has 0 aliphatic heterocycles. The molecule has 6 heteroatoms. The number of rotatable bonds is 3. The van der Waals surface area contributed by atoms with Gasteiger partial charge in [-0.3, -0.25) is 4.79 Å². The predicted octanol–water partition coefficient (Wildman–Crippen LogP) is 3.94. The molecule has 4 nitrogen and oxygen atoms in total. The minimum Gasteiger partial charge on any atom is -0.349 e. The number of thiophene rings is 1. The molecule has 1 saturated carbocycles. The van der Waals surface area contributed by atoms with Gasteiger partial charge in [0.05, 0.1) is 16.3 Å². The second-order valence-corrected chi connectivity index (χ2v) is 7.02. The van der Waals surface area contributed by atoms with Gasteiger partial charge in [-0.25, -0.2) is 4.68 Å². The lowest BCUT2D eigenvalue weighted by molar-refractivity contribution is 0.0955. The van der Waals surface area contributed by atoms with Gasteiger partial charge >= 0.3 is 0 Å². The number of benzene rings is 1. The maximum Gasteiger partial charge on any atom is 0.261 e. The standard InChI is InChI=1S/C16H14ClN3OS/c1-9-13-8-14(15(21)18-11-5-6-11)22-16(13)20(19-9)12-4-2-3-10(17)7-12/h2-4,7-8,11H,5-6H2,1H3,(H,18,21). The number of aromatic nitrogens is 2. The zero-order valence-electron chi connectivity index (χ0n) is 12.0. The van der Waals surface area contributed by atoms with E-state index in [1.807, 2.05) is 41.9 Å². The first kappa shape index (κ1) is 13.8. The molecule has 2 aromatic heterocycles. The third-order valence-electron chi connectivity index (χ3n) is 3.73. The van der Waals surface area contributed by atoms with Crippen LogP contribution >= 0.6 is 22.9 Å². The summed E-state index contributed by atoms with van der Waals surface area (Å²) in [5, 5.41) is 9.29. The van der Waals surface area contributed by atoms with E-state index in [-0.39, 0.29) is 5.91 Å². The highest BCUT2D eigenvalue weighted by atomic mass is 35.5. The van der Waals surface area contributed by atoms with Crippen LogP contribution in [-0.2, 0) is 0 Å². The summed E-state index contributed by atoms with van der Waals surface area (Å²) in [6, 6.07) is 9.86. The zero-order chi connectivity index (χ0) is 15.3. The minimum absolute atomic E-state index is 0.0146. The van der Waals surface area contributed by atoms with E-state index in [9.17, 15) is 4.79 Å². The Morgan fingerprint density at radius 2 is 2.23 bits per heavy atom. The fourth-order valence-corrected chi connectivity index (χ4v) is 3.70. The van der Waals surface area contributed by atoms with Crippen molar-refractivity contribution in [3.8, 4) is 5.69 Å². The fourth-order valence-electron chi connectivity index (χ4n) is 2.43. The number of fused-ring (bicyclic) bond motifs is 1. The monoisotopic (exact) mass is 331 g/mol. The van der Waals surface area contributed by atoms with E-state index in [1.54, 1.807) is 0 Å². The van der Waals surface area contributed by atoms with Crippen LogP contribution in [0.5, 0.6) is 0 Å². The number of halogens is 1. The molecule has 1 aromatic carbocycles. The summed E-state index contributed by atoms with van der Waals surface area (Å²) in [7, 11) is 0. The third-order valence-corrected chi connectivity index (χ3v) is 5.08.